The van der Waals surface area contributed by atoms with E-state index in [1.54, 1.807) is 12.1 Å². The summed E-state index contributed by atoms with van der Waals surface area (Å²) in [6.45, 7) is 0.307. The summed E-state index contributed by atoms with van der Waals surface area (Å²) >= 11 is 3.20. The molecule has 2 aromatic carbocycles. The maximum Gasteiger partial charge on any atom is 0.573 e. The lowest BCUT2D eigenvalue weighted by molar-refractivity contribution is -0.274. The maximum absolute atomic E-state index is 12.7. The van der Waals surface area contributed by atoms with Gasteiger partial charge in [-0.25, -0.2) is 4.98 Å². The Bertz CT molecular complexity index is 1130. The van der Waals surface area contributed by atoms with Crippen LogP contribution in [-0.4, -0.2) is 42.5 Å². The Morgan fingerprint density at radius 1 is 1.03 bits per heavy atom. The van der Waals surface area contributed by atoms with Gasteiger partial charge in [0.15, 0.2) is 0 Å². The molecule has 0 bridgehead atoms. The van der Waals surface area contributed by atoms with E-state index in [0.29, 0.717) is 22.5 Å². The van der Waals surface area contributed by atoms with Crippen molar-refractivity contribution in [2.24, 2.45) is 0 Å². The summed E-state index contributed by atoms with van der Waals surface area (Å²) in [6.07, 6.45) is -1.10. The van der Waals surface area contributed by atoms with Gasteiger partial charge in [-0.3, -0.25) is 0 Å². The van der Waals surface area contributed by atoms with Gasteiger partial charge in [0.1, 0.15) is 11.6 Å². The van der Waals surface area contributed by atoms with Crippen molar-refractivity contribution in [2.75, 3.05) is 24.3 Å². The Morgan fingerprint density at radius 2 is 1.74 bits per heavy atom. The number of hydrogen-bond donors (Lipinski definition) is 2. The lowest BCUT2D eigenvalue weighted by atomic mass is 9.91. The third-order valence-electron chi connectivity index (χ3n) is 5.90. The molecule has 10 heteroatoms. The van der Waals surface area contributed by atoms with Gasteiger partial charge in [0.05, 0.1) is 5.52 Å². The van der Waals surface area contributed by atoms with Crippen molar-refractivity contribution in [1.82, 2.24) is 15.3 Å². The summed E-state index contributed by atoms with van der Waals surface area (Å²) < 4.78 is 43.0. The van der Waals surface area contributed by atoms with Gasteiger partial charge >= 0.3 is 6.36 Å². The topological polar surface area (TPSA) is 62.3 Å². The van der Waals surface area contributed by atoms with Gasteiger partial charge in [-0.2, -0.15) is 4.98 Å². The Labute approximate surface area is 205 Å². The SMILES string of the molecule is CN(C)c1nc(N[C@H]2CC[C@@H](NCc3ccc(Br)cc3OC(F)(F)F)CC2)nc2ccccc12. The standard InChI is InChI=1S/C24H27BrF3N5O/c1-33(2)22-19-5-3-4-6-20(19)31-23(32-22)30-18-11-9-17(10-12-18)29-14-15-7-8-16(25)13-21(15)34-24(26,27)28/h3-8,13,17-18,29H,9-12,14H2,1-2H3,(H,30,31,32)/t17-,18+. The Morgan fingerprint density at radius 3 is 2.44 bits per heavy atom. The Hall–Kier alpha value is -2.59. The number of aromatic nitrogens is 2. The molecule has 0 aliphatic heterocycles. The summed E-state index contributed by atoms with van der Waals surface area (Å²) in [5.41, 5.74) is 1.37. The number of halogens is 4. The molecule has 4 rings (SSSR count). The maximum atomic E-state index is 12.7. The van der Waals surface area contributed by atoms with Crippen molar-refractivity contribution in [2.45, 2.75) is 50.7 Å². The molecule has 1 aromatic heterocycles. The molecule has 6 nitrogen and oxygen atoms in total. The van der Waals surface area contributed by atoms with Crippen molar-refractivity contribution < 1.29 is 17.9 Å². The van der Waals surface area contributed by atoms with Gasteiger partial charge < -0.3 is 20.3 Å². The molecular weight excluding hydrogens is 511 g/mol. The molecule has 1 saturated carbocycles. The van der Waals surface area contributed by atoms with E-state index in [0.717, 1.165) is 42.4 Å². The first-order chi connectivity index (χ1) is 16.2. The van der Waals surface area contributed by atoms with Crippen LogP contribution in [0.2, 0.25) is 0 Å². The fraction of sp³-hybridized carbons (Fsp3) is 0.417. The van der Waals surface area contributed by atoms with E-state index in [-0.39, 0.29) is 17.8 Å². The van der Waals surface area contributed by atoms with E-state index in [1.807, 2.05) is 43.3 Å². The van der Waals surface area contributed by atoms with Crippen LogP contribution in [0.1, 0.15) is 31.2 Å². The average molecular weight is 538 g/mol. The van der Waals surface area contributed by atoms with Crippen molar-refractivity contribution in [3.05, 3.63) is 52.5 Å². The molecule has 182 valence electrons. The van der Waals surface area contributed by atoms with Crippen molar-refractivity contribution in [3.8, 4) is 5.75 Å². The van der Waals surface area contributed by atoms with Gasteiger partial charge in [-0.15, -0.1) is 13.2 Å². The van der Waals surface area contributed by atoms with Crippen LogP contribution < -0.4 is 20.3 Å². The molecule has 0 saturated heterocycles. The van der Waals surface area contributed by atoms with E-state index in [1.165, 1.54) is 6.07 Å². The number of nitrogens with one attached hydrogen (secondary N) is 2. The number of alkyl halides is 3. The molecule has 2 N–H and O–H groups in total. The first kappa shape index (κ1) is 24.5. The predicted molar refractivity (Wildman–Crippen MR) is 131 cm³/mol. The van der Waals surface area contributed by atoms with E-state index < -0.39 is 6.36 Å². The zero-order valence-corrected chi connectivity index (χ0v) is 20.6. The third-order valence-corrected chi connectivity index (χ3v) is 6.40. The molecule has 1 heterocycles. The fourth-order valence-corrected chi connectivity index (χ4v) is 4.58. The van der Waals surface area contributed by atoms with Crippen LogP contribution in [0.25, 0.3) is 10.9 Å². The highest BCUT2D eigenvalue weighted by Crippen LogP contribution is 2.30. The quantitative estimate of drug-likeness (QED) is 0.393. The highest BCUT2D eigenvalue weighted by molar-refractivity contribution is 9.10. The van der Waals surface area contributed by atoms with Crippen LogP contribution in [0.5, 0.6) is 5.75 Å². The van der Waals surface area contributed by atoms with E-state index in [2.05, 4.69) is 36.3 Å². The number of para-hydroxylation sites is 1. The highest BCUT2D eigenvalue weighted by Gasteiger charge is 2.32. The molecule has 0 unspecified atom stereocenters. The van der Waals surface area contributed by atoms with Gasteiger partial charge in [0, 0.05) is 48.1 Å². The van der Waals surface area contributed by atoms with Crippen LogP contribution in [0.3, 0.4) is 0 Å². The molecule has 0 atom stereocenters. The van der Waals surface area contributed by atoms with Gasteiger partial charge in [0.2, 0.25) is 5.95 Å². The van der Waals surface area contributed by atoms with Crippen LogP contribution in [0.4, 0.5) is 24.9 Å². The summed E-state index contributed by atoms with van der Waals surface area (Å²) in [6, 6.07) is 13.1. The number of anilines is 2. The minimum atomic E-state index is -4.73. The van der Waals surface area contributed by atoms with Gasteiger partial charge in [-0.1, -0.05) is 34.1 Å². The summed E-state index contributed by atoms with van der Waals surface area (Å²) in [5.74, 6) is 1.30. The van der Waals surface area contributed by atoms with Gasteiger partial charge in [0.25, 0.3) is 0 Å². The first-order valence-corrected chi connectivity index (χ1v) is 12.0. The van der Waals surface area contributed by atoms with Crippen LogP contribution in [-0.2, 0) is 6.54 Å². The summed E-state index contributed by atoms with van der Waals surface area (Å²) in [5, 5.41) is 7.87. The smallest absolute Gasteiger partial charge is 0.405 e. The lowest BCUT2D eigenvalue weighted by Crippen LogP contribution is -2.37. The number of hydrogen-bond acceptors (Lipinski definition) is 6. The monoisotopic (exact) mass is 537 g/mol. The minimum Gasteiger partial charge on any atom is -0.405 e. The van der Waals surface area contributed by atoms with E-state index in [4.69, 9.17) is 4.98 Å². The molecule has 0 radical (unpaired) electrons. The summed E-state index contributed by atoms with van der Waals surface area (Å²) in [4.78, 5) is 11.4. The van der Waals surface area contributed by atoms with Crippen LogP contribution >= 0.6 is 15.9 Å². The number of fused-ring (bicyclic) bond motifs is 1. The van der Waals surface area contributed by atoms with Crippen LogP contribution in [0.15, 0.2) is 46.9 Å². The normalized spacial score (nSPS) is 18.6. The predicted octanol–water partition coefficient (Wildman–Crippen LogP) is 5.87. The molecule has 1 aliphatic carbocycles. The zero-order chi connectivity index (χ0) is 24.3. The number of nitrogens with zero attached hydrogens (tertiary/aromatic N) is 3. The second-order valence-corrected chi connectivity index (χ2v) is 9.57. The van der Waals surface area contributed by atoms with Crippen molar-refractivity contribution in [1.29, 1.82) is 0 Å². The highest BCUT2D eigenvalue weighted by atomic mass is 79.9. The fourth-order valence-electron chi connectivity index (χ4n) is 4.24. The molecule has 0 spiro atoms. The second-order valence-electron chi connectivity index (χ2n) is 8.66. The lowest BCUT2D eigenvalue weighted by Gasteiger charge is -2.30. The van der Waals surface area contributed by atoms with Crippen molar-refractivity contribution in [3.63, 3.8) is 0 Å². The van der Waals surface area contributed by atoms with Crippen LogP contribution in [0, 0.1) is 0 Å². The third kappa shape index (κ3) is 6.29. The number of ether oxygens (including phenoxy) is 1. The average Bonchev–Trinajstić information content (AvgIpc) is 2.78. The first-order valence-electron chi connectivity index (χ1n) is 11.2. The largest absolute Gasteiger partial charge is 0.573 e. The van der Waals surface area contributed by atoms with E-state index >= 15 is 0 Å². The zero-order valence-electron chi connectivity index (χ0n) is 19.0. The second kappa shape index (κ2) is 10.4. The molecular formula is C24H27BrF3N5O. The van der Waals surface area contributed by atoms with E-state index in [9.17, 15) is 13.2 Å². The number of rotatable bonds is 7. The molecule has 34 heavy (non-hydrogen) atoms. The van der Waals surface area contributed by atoms with Crippen molar-refractivity contribution >= 4 is 38.6 Å². The summed E-state index contributed by atoms with van der Waals surface area (Å²) in [7, 11) is 3.93. The molecule has 1 aliphatic rings. The minimum absolute atomic E-state index is 0.185. The Balaban J connectivity index is 1.34. The molecule has 1 fully saturated rings. The molecule has 0 amide bonds. The Kier molecular flexibility index (Phi) is 7.47. The van der Waals surface area contributed by atoms with Gasteiger partial charge in [-0.05, 0) is 49.9 Å². The molecule has 3 aromatic rings. The number of benzene rings is 2.